The fourth-order valence-corrected chi connectivity index (χ4v) is 7.61. The van der Waals surface area contributed by atoms with Gasteiger partial charge in [0.2, 0.25) is 0 Å². The van der Waals surface area contributed by atoms with E-state index in [0.717, 1.165) is 25.7 Å². The van der Waals surface area contributed by atoms with Gasteiger partial charge in [-0.1, -0.05) is 19.4 Å². The molecule has 6 heteroatoms. The van der Waals surface area contributed by atoms with E-state index in [1.807, 2.05) is 13.0 Å². The number of rotatable bonds is 3. The zero-order chi connectivity index (χ0) is 21.2. The van der Waals surface area contributed by atoms with Crippen LogP contribution < -0.4 is 0 Å². The van der Waals surface area contributed by atoms with Crippen molar-refractivity contribution in [1.82, 2.24) is 0 Å². The molecule has 4 rings (SSSR count). The Hall–Kier alpha value is -1.24. The lowest BCUT2D eigenvalue weighted by Gasteiger charge is -2.61. The molecule has 29 heavy (non-hydrogen) atoms. The molecular weight excluding hydrogens is 372 g/mol. The lowest BCUT2D eigenvalue weighted by Crippen LogP contribution is -2.63. The first-order chi connectivity index (χ1) is 13.5. The highest BCUT2D eigenvalue weighted by Gasteiger charge is 2.68. The Balaban J connectivity index is 1.65. The van der Waals surface area contributed by atoms with Crippen molar-refractivity contribution in [1.29, 1.82) is 0 Å². The average molecular weight is 407 g/mol. The standard InChI is InChI=1S/C23H34O6/c1-13(24)29-12-19(27)23(28)9-7-17-16-5-4-14-10-15(25)6-8-21(14,2)20(16)18(26)11-22(17,23)3/h10,16-20,26-28H,4-9,11-12H2,1-3H3/t16-,17-,18-,19-,20+,21-,22-,23-/m0/s1. The van der Waals surface area contributed by atoms with E-state index < -0.39 is 29.2 Å². The highest BCUT2D eigenvalue weighted by Crippen LogP contribution is 2.68. The fraction of sp³-hybridized carbons (Fsp3) is 0.826. The van der Waals surface area contributed by atoms with Gasteiger partial charge in [0.25, 0.3) is 0 Å². The Morgan fingerprint density at radius 3 is 2.69 bits per heavy atom. The van der Waals surface area contributed by atoms with Crippen LogP contribution in [0.1, 0.15) is 65.7 Å². The summed E-state index contributed by atoms with van der Waals surface area (Å²) in [5.74, 6) is 0.205. The number of aliphatic hydroxyl groups is 3. The number of allylic oxidation sites excluding steroid dienone is 1. The summed E-state index contributed by atoms with van der Waals surface area (Å²) in [7, 11) is 0. The van der Waals surface area contributed by atoms with Crippen LogP contribution in [0.5, 0.6) is 0 Å². The third-order valence-electron chi connectivity index (χ3n) is 9.11. The summed E-state index contributed by atoms with van der Waals surface area (Å²) in [5.41, 5.74) is -1.02. The zero-order valence-corrected chi connectivity index (χ0v) is 17.7. The molecule has 0 spiro atoms. The number of hydrogen-bond donors (Lipinski definition) is 3. The van der Waals surface area contributed by atoms with E-state index in [0.29, 0.717) is 19.3 Å². The molecule has 4 aliphatic carbocycles. The maximum Gasteiger partial charge on any atom is 0.302 e. The molecule has 3 saturated carbocycles. The summed E-state index contributed by atoms with van der Waals surface area (Å²) in [5, 5.41) is 33.6. The molecule has 0 aromatic heterocycles. The van der Waals surface area contributed by atoms with E-state index in [4.69, 9.17) is 4.74 Å². The third-order valence-corrected chi connectivity index (χ3v) is 9.11. The molecule has 3 N–H and O–H groups in total. The Morgan fingerprint density at radius 1 is 1.28 bits per heavy atom. The monoisotopic (exact) mass is 406 g/mol. The molecule has 4 aliphatic rings. The van der Waals surface area contributed by atoms with Crippen LogP contribution in [-0.4, -0.2) is 51.5 Å². The molecule has 0 bridgehead atoms. The predicted molar refractivity (Wildman–Crippen MR) is 106 cm³/mol. The van der Waals surface area contributed by atoms with E-state index in [1.54, 1.807) is 0 Å². The molecular formula is C23H34O6. The molecule has 0 aromatic carbocycles. The second-order valence-corrected chi connectivity index (χ2v) is 10.4. The number of carbonyl (C=O) groups excluding carboxylic acids is 2. The van der Waals surface area contributed by atoms with E-state index in [2.05, 4.69) is 6.92 Å². The van der Waals surface area contributed by atoms with Gasteiger partial charge in [-0.3, -0.25) is 9.59 Å². The lowest BCUT2D eigenvalue weighted by molar-refractivity contribution is -0.210. The van der Waals surface area contributed by atoms with Crippen molar-refractivity contribution in [3.05, 3.63) is 11.6 Å². The summed E-state index contributed by atoms with van der Waals surface area (Å²) in [6.45, 7) is 5.24. The van der Waals surface area contributed by atoms with Gasteiger partial charge >= 0.3 is 5.97 Å². The molecule has 3 fully saturated rings. The van der Waals surface area contributed by atoms with Crippen LogP contribution in [0.25, 0.3) is 0 Å². The van der Waals surface area contributed by atoms with Crippen LogP contribution in [0.15, 0.2) is 11.6 Å². The average Bonchev–Trinajstić information content (AvgIpc) is 2.91. The minimum Gasteiger partial charge on any atom is -0.463 e. The van der Waals surface area contributed by atoms with E-state index in [-0.39, 0.29) is 35.6 Å². The number of ether oxygens (including phenoxy) is 1. The molecule has 0 radical (unpaired) electrons. The molecule has 0 saturated heterocycles. The highest BCUT2D eigenvalue weighted by molar-refractivity contribution is 5.91. The number of hydrogen-bond acceptors (Lipinski definition) is 6. The number of ketones is 1. The van der Waals surface area contributed by atoms with Crippen molar-refractivity contribution < 1.29 is 29.6 Å². The van der Waals surface area contributed by atoms with Gasteiger partial charge in [0, 0.05) is 18.8 Å². The topological polar surface area (TPSA) is 104 Å². The van der Waals surface area contributed by atoms with Crippen LogP contribution >= 0.6 is 0 Å². The zero-order valence-electron chi connectivity index (χ0n) is 17.7. The molecule has 0 aliphatic heterocycles. The molecule has 0 amide bonds. The number of fused-ring (bicyclic) bond motifs is 5. The summed E-state index contributed by atoms with van der Waals surface area (Å²) in [4.78, 5) is 23.1. The van der Waals surface area contributed by atoms with Gasteiger partial charge in [0.05, 0.1) is 11.7 Å². The summed E-state index contributed by atoms with van der Waals surface area (Å²) >= 11 is 0. The molecule has 0 heterocycles. The smallest absolute Gasteiger partial charge is 0.302 e. The van der Waals surface area contributed by atoms with Crippen molar-refractivity contribution in [3.63, 3.8) is 0 Å². The van der Waals surface area contributed by atoms with Crippen molar-refractivity contribution in [2.24, 2.45) is 28.6 Å². The van der Waals surface area contributed by atoms with E-state index >= 15 is 0 Å². The first kappa shape index (κ1) is 21.0. The first-order valence-electron chi connectivity index (χ1n) is 11.0. The van der Waals surface area contributed by atoms with Gasteiger partial charge in [-0.15, -0.1) is 0 Å². The van der Waals surface area contributed by atoms with E-state index in [1.165, 1.54) is 12.5 Å². The molecule has 8 atom stereocenters. The maximum atomic E-state index is 12.0. The largest absolute Gasteiger partial charge is 0.463 e. The van der Waals surface area contributed by atoms with Gasteiger partial charge in [-0.2, -0.15) is 0 Å². The number of aliphatic hydroxyl groups excluding tert-OH is 2. The van der Waals surface area contributed by atoms with Crippen LogP contribution in [0.4, 0.5) is 0 Å². The van der Waals surface area contributed by atoms with Crippen LogP contribution in [0, 0.1) is 28.6 Å². The van der Waals surface area contributed by atoms with E-state index in [9.17, 15) is 24.9 Å². The summed E-state index contributed by atoms with van der Waals surface area (Å²) in [6.07, 6.45) is 4.72. The van der Waals surface area contributed by atoms with Gasteiger partial charge < -0.3 is 20.1 Å². The molecule has 6 nitrogen and oxygen atoms in total. The summed E-state index contributed by atoms with van der Waals surface area (Å²) in [6, 6.07) is 0. The number of carbonyl (C=O) groups is 2. The third kappa shape index (κ3) is 2.94. The molecule has 0 aromatic rings. The normalized spacial score (nSPS) is 47.5. The summed E-state index contributed by atoms with van der Waals surface area (Å²) < 4.78 is 4.99. The van der Waals surface area contributed by atoms with Crippen molar-refractivity contribution in [2.75, 3.05) is 6.61 Å². The number of esters is 1. The Kier molecular flexibility index (Phi) is 4.99. The van der Waals surface area contributed by atoms with Crippen molar-refractivity contribution in [3.8, 4) is 0 Å². The van der Waals surface area contributed by atoms with Crippen molar-refractivity contribution >= 4 is 11.8 Å². The second-order valence-electron chi connectivity index (χ2n) is 10.4. The Labute approximate surface area is 172 Å². The van der Waals surface area contributed by atoms with Crippen LogP contribution in [0.3, 0.4) is 0 Å². The van der Waals surface area contributed by atoms with Gasteiger partial charge in [-0.25, -0.2) is 0 Å². The SMILES string of the molecule is CC(=O)OC[C@H](O)[C@@]1(O)CC[C@H]2[C@@H]3CCC4=CC(=O)CC[C@]4(C)[C@H]3[C@@H](O)C[C@@]21C. The van der Waals surface area contributed by atoms with Gasteiger partial charge in [0.15, 0.2) is 5.78 Å². The maximum absolute atomic E-state index is 12.0. The van der Waals surface area contributed by atoms with Crippen LogP contribution in [-0.2, 0) is 14.3 Å². The highest BCUT2D eigenvalue weighted by atomic mass is 16.5. The Bertz CT molecular complexity index is 746. The lowest BCUT2D eigenvalue weighted by atomic mass is 9.45. The van der Waals surface area contributed by atoms with Gasteiger partial charge in [0.1, 0.15) is 12.7 Å². The first-order valence-corrected chi connectivity index (χ1v) is 11.0. The van der Waals surface area contributed by atoms with Crippen molar-refractivity contribution in [2.45, 2.75) is 83.5 Å². The van der Waals surface area contributed by atoms with Crippen LogP contribution in [0.2, 0.25) is 0 Å². The molecule has 0 unspecified atom stereocenters. The quantitative estimate of drug-likeness (QED) is 0.621. The van der Waals surface area contributed by atoms with Gasteiger partial charge in [-0.05, 0) is 67.8 Å². The minimum atomic E-state index is -1.39. The minimum absolute atomic E-state index is 0.0710. The molecule has 162 valence electrons. The fourth-order valence-electron chi connectivity index (χ4n) is 7.61. The Morgan fingerprint density at radius 2 is 2.00 bits per heavy atom. The second kappa shape index (κ2) is 6.89. The predicted octanol–water partition coefficient (Wildman–Crippen LogP) is 2.14.